The van der Waals surface area contributed by atoms with Gasteiger partial charge >= 0.3 is 18.0 Å². The molecule has 1 fully saturated rings. The lowest BCUT2D eigenvalue weighted by atomic mass is 10.1. The van der Waals surface area contributed by atoms with E-state index in [1.165, 1.54) is 0 Å². The average molecular weight is 468 g/mol. The van der Waals surface area contributed by atoms with Crippen molar-refractivity contribution in [2.45, 2.75) is 44.9 Å². The second-order valence-electron chi connectivity index (χ2n) is 7.44. The molecule has 34 heavy (non-hydrogen) atoms. The van der Waals surface area contributed by atoms with Crippen molar-refractivity contribution in [1.29, 1.82) is 0 Å². The maximum Gasteiger partial charge on any atom is 0.408 e. The number of benzene rings is 2. The van der Waals surface area contributed by atoms with E-state index in [4.69, 9.17) is 14.3 Å². The molecule has 1 aliphatic heterocycles. The number of alkyl carbamates (subject to hydrolysis) is 1. The van der Waals surface area contributed by atoms with Crippen LogP contribution in [0.1, 0.15) is 36.8 Å². The third-order valence-electron chi connectivity index (χ3n) is 4.85. The largest absolute Gasteiger partial charge is 0.459 e. The van der Waals surface area contributed by atoms with Crippen LogP contribution in [0.5, 0.6) is 0 Å². The molecule has 0 saturated carbocycles. The molecule has 0 unspecified atom stereocenters. The third-order valence-corrected chi connectivity index (χ3v) is 4.85. The van der Waals surface area contributed by atoms with E-state index < -0.39 is 35.9 Å². The highest BCUT2D eigenvalue weighted by molar-refractivity contribution is 6.01. The molecule has 1 aliphatic rings. The highest BCUT2D eigenvalue weighted by Gasteiger charge is 2.33. The fourth-order valence-corrected chi connectivity index (χ4v) is 3.05. The van der Waals surface area contributed by atoms with E-state index in [0.29, 0.717) is 5.06 Å². The number of ether oxygens (including phenoxy) is 2. The topological polar surface area (TPSA) is 128 Å². The van der Waals surface area contributed by atoms with Gasteiger partial charge in [0, 0.05) is 12.8 Å². The van der Waals surface area contributed by atoms with Gasteiger partial charge in [0.05, 0.1) is 6.42 Å². The molecular weight excluding hydrogens is 444 g/mol. The summed E-state index contributed by atoms with van der Waals surface area (Å²) >= 11 is 0. The lowest BCUT2D eigenvalue weighted by Gasteiger charge is -2.18. The molecule has 178 valence electrons. The van der Waals surface area contributed by atoms with Crippen LogP contribution < -0.4 is 5.32 Å². The molecule has 1 N–H and O–H groups in total. The van der Waals surface area contributed by atoms with Crippen molar-refractivity contribution in [2.75, 3.05) is 0 Å². The van der Waals surface area contributed by atoms with Gasteiger partial charge in [-0.1, -0.05) is 60.7 Å². The maximum absolute atomic E-state index is 12.6. The van der Waals surface area contributed by atoms with Gasteiger partial charge in [-0.25, -0.2) is 14.4 Å². The van der Waals surface area contributed by atoms with Crippen LogP contribution >= 0.6 is 0 Å². The van der Waals surface area contributed by atoms with Crippen LogP contribution in [-0.4, -0.2) is 41.0 Å². The number of esters is 1. The van der Waals surface area contributed by atoms with Gasteiger partial charge < -0.3 is 19.6 Å². The minimum atomic E-state index is -1.22. The van der Waals surface area contributed by atoms with Crippen molar-refractivity contribution in [3.05, 3.63) is 71.8 Å². The number of hydrogen-bond acceptors (Lipinski definition) is 8. The SMILES string of the molecule is O=C(CC[C@H](NC(=O)OCc1ccccc1)C(=O)OCc1ccccc1)ON1C(=O)CCC1=O. The van der Waals surface area contributed by atoms with E-state index in [1.54, 1.807) is 48.5 Å². The Balaban J connectivity index is 1.56. The predicted molar refractivity (Wildman–Crippen MR) is 116 cm³/mol. The van der Waals surface area contributed by atoms with Crippen LogP contribution in [0, 0.1) is 0 Å². The van der Waals surface area contributed by atoms with Gasteiger partial charge in [-0.3, -0.25) is 9.59 Å². The first-order valence-electron chi connectivity index (χ1n) is 10.7. The van der Waals surface area contributed by atoms with Crippen LogP contribution in [0.4, 0.5) is 4.79 Å². The summed E-state index contributed by atoms with van der Waals surface area (Å²) in [4.78, 5) is 65.0. The van der Waals surface area contributed by atoms with Gasteiger partial charge in [0.15, 0.2) is 0 Å². The summed E-state index contributed by atoms with van der Waals surface area (Å²) in [5.74, 6) is -2.90. The molecule has 0 aromatic heterocycles. The predicted octanol–water partition coefficient (Wildman–Crippen LogP) is 2.41. The number of amides is 3. The fraction of sp³-hybridized carbons (Fsp3) is 0.292. The summed E-state index contributed by atoms with van der Waals surface area (Å²) in [5.41, 5.74) is 1.50. The molecule has 3 rings (SSSR count). The Morgan fingerprint density at radius 1 is 0.824 bits per heavy atom. The number of carbonyl (C=O) groups is 5. The van der Waals surface area contributed by atoms with Gasteiger partial charge in [-0.2, -0.15) is 0 Å². The van der Waals surface area contributed by atoms with Crippen molar-refractivity contribution in [3.63, 3.8) is 0 Å². The van der Waals surface area contributed by atoms with Crippen LogP contribution in [0.25, 0.3) is 0 Å². The highest BCUT2D eigenvalue weighted by atomic mass is 16.7. The minimum Gasteiger partial charge on any atom is -0.459 e. The molecule has 10 nitrogen and oxygen atoms in total. The summed E-state index contributed by atoms with van der Waals surface area (Å²) in [6.07, 6.45) is -1.49. The molecule has 1 heterocycles. The molecule has 0 aliphatic carbocycles. The Morgan fingerprint density at radius 2 is 1.35 bits per heavy atom. The quantitative estimate of drug-likeness (QED) is 0.416. The minimum absolute atomic E-state index is 0.0142. The van der Waals surface area contributed by atoms with Gasteiger partial charge in [-0.05, 0) is 17.5 Å². The molecule has 0 radical (unpaired) electrons. The van der Waals surface area contributed by atoms with Crippen molar-refractivity contribution in [2.24, 2.45) is 0 Å². The van der Waals surface area contributed by atoms with Crippen molar-refractivity contribution < 1.29 is 38.3 Å². The number of nitrogens with one attached hydrogen (secondary N) is 1. The molecular formula is C24H24N2O8. The van der Waals surface area contributed by atoms with Gasteiger partial charge in [0.2, 0.25) is 0 Å². The smallest absolute Gasteiger partial charge is 0.408 e. The molecule has 2 aromatic carbocycles. The highest BCUT2D eigenvalue weighted by Crippen LogP contribution is 2.14. The Morgan fingerprint density at radius 3 is 1.91 bits per heavy atom. The lowest BCUT2D eigenvalue weighted by Crippen LogP contribution is -2.42. The first kappa shape index (κ1) is 24.4. The summed E-state index contributed by atoms with van der Waals surface area (Å²) in [5, 5.41) is 2.82. The van der Waals surface area contributed by atoms with Crippen molar-refractivity contribution in [1.82, 2.24) is 10.4 Å². The lowest BCUT2D eigenvalue weighted by molar-refractivity contribution is -0.197. The summed E-state index contributed by atoms with van der Waals surface area (Å²) in [7, 11) is 0. The van der Waals surface area contributed by atoms with Crippen LogP contribution in [0.15, 0.2) is 60.7 Å². The average Bonchev–Trinajstić information content (AvgIpc) is 3.17. The molecule has 1 atom stereocenters. The van der Waals surface area contributed by atoms with Crippen molar-refractivity contribution in [3.8, 4) is 0 Å². The molecule has 10 heteroatoms. The summed E-state index contributed by atoms with van der Waals surface area (Å²) < 4.78 is 10.4. The van der Waals surface area contributed by atoms with E-state index in [9.17, 15) is 24.0 Å². The number of carbonyl (C=O) groups excluding carboxylic acids is 5. The first-order chi connectivity index (χ1) is 16.4. The van der Waals surface area contributed by atoms with Gasteiger partial charge in [0.25, 0.3) is 11.8 Å². The molecule has 3 amide bonds. The third kappa shape index (κ3) is 7.44. The number of hydroxylamine groups is 2. The van der Waals surface area contributed by atoms with Crippen LogP contribution in [0.2, 0.25) is 0 Å². The standard InChI is InChI=1S/C24H24N2O8/c27-20-12-13-21(28)26(20)34-22(29)14-11-19(23(30)32-15-17-7-3-1-4-8-17)25-24(31)33-16-18-9-5-2-6-10-18/h1-10,19H,11-16H2,(H,25,31)/t19-/m0/s1. The van der Waals surface area contributed by atoms with Crippen molar-refractivity contribution >= 4 is 29.8 Å². The van der Waals surface area contributed by atoms with Crippen LogP contribution in [-0.2, 0) is 46.7 Å². The number of rotatable bonds is 10. The zero-order valence-electron chi connectivity index (χ0n) is 18.3. The number of imide groups is 1. The summed E-state index contributed by atoms with van der Waals surface area (Å²) in [6.45, 7) is -0.0438. The second-order valence-corrected chi connectivity index (χ2v) is 7.44. The Kier molecular flexibility index (Phi) is 8.73. The van der Waals surface area contributed by atoms with E-state index in [0.717, 1.165) is 11.1 Å². The van der Waals surface area contributed by atoms with E-state index in [-0.39, 0.29) is 38.9 Å². The maximum atomic E-state index is 12.6. The monoisotopic (exact) mass is 468 g/mol. The number of hydrogen-bond donors (Lipinski definition) is 1. The number of nitrogens with zero attached hydrogens (tertiary/aromatic N) is 1. The Hall–Kier alpha value is -4.21. The Bertz CT molecular complexity index is 1010. The molecule has 1 saturated heterocycles. The molecule has 0 spiro atoms. The van der Waals surface area contributed by atoms with Gasteiger partial charge in [0.1, 0.15) is 19.3 Å². The Labute approximate surface area is 195 Å². The normalized spacial score (nSPS) is 13.8. The first-order valence-corrected chi connectivity index (χ1v) is 10.7. The van der Waals surface area contributed by atoms with Gasteiger partial charge in [-0.15, -0.1) is 5.06 Å². The zero-order chi connectivity index (χ0) is 24.3. The molecule has 2 aromatic rings. The van der Waals surface area contributed by atoms with E-state index in [1.807, 2.05) is 12.1 Å². The van der Waals surface area contributed by atoms with Crippen LogP contribution in [0.3, 0.4) is 0 Å². The van der Waals surface area contributed by atoms with E-state index >= 15 is 0 Å². The second kappa shape index (κ2) is 12.1. The van der Waals surface area contributed by atoms with E-state index in [2.05, 4.69) is 5.32 Å². The fourth-order valence-electron chi connectivity index (χ4n) is 3.05. The summed E-state index contributed by atoms with van der Waals surface area (Å²) in [6, 6.07) is 16.7. The zero-order valence-corrected chi connectivity index (χ0v) is 18.3. The molecule has 0 bridgehead atoms.